The topological polar surface area (TPSA) is 60.7 Å². The van der Waals surface area contributed by atoms with Gasteiger partial charge in [0.25, 0.3) is 0 Å². The van der Waals surface area contributed by atoms with E-state index in [9.17, 15) is 4.79 Å². The Morgan fingerprint density at radius 2 is 1.77 bits per heavy atom. The molecule has 0 saturated heterocycles. The Labute approximate surface area is 152 Å². The van der Waals surface area contributed by atoms with Crippen molar-refractivity contribution < 1.29 is 13.9 Å². The molecule has 26 heavy (non-hydrogen) atoms. The Balaban J connectivity index is 2.21. The zero-order valence-electron chi connectivity index (χ0n) is 15.5. The first-order valence-corrected chi connectivity index (χ1v) is 8.57. The first-order valence-electron chi connectivity index (χ1n) is 8.57. The molecule has 3 rings (SSSR count). The average Bonchev–Trinajstić information content (AvgIpc) is 2.66. The molecular formula is C21H23NO4. The Morgan fingerprint density at radius 1 is 1.04 bits per heavy atom. The highest BCUT2D eigenvalue weighted by atomic mass is 16.5. The highest BCUT2D eigenvalue weighted by Crippen LogP contribution is 2.32. The second-order valence-corrected chi connectivity index (χ2v) is 6.12. The monoisotopic (exact) mass is 353 g/mol. The predicted octanol–water partition coefficient (Wildman–Crippen LogP) is 3.90. The minimum Gasteiger partial charge on any atom is -0.493 e. The zero-order chi connectivity index (χ0) is 18.7. The van der Waals surface area contributed by atoms with E-state index in [1.807, 2.05) is 19.1 Å². The maximum atomic E-state index is 13.1. The lowest BCUT2D eigenvalue weighted by Gasteiger charge is -2.12. The van der Waals surface area contributed by atoms with E-state index in [1.54, 1.807) is 26.4 Å². The molecule has 0 unspecified atom stereocenters. The molecule has 5 heteroatoms. The van der Waals surface area contributed by atoms with Gasteiger partial charge in [-0.2, -0.15) is 0 Å². The van der Waals surface area contributed by atoms with Crippen molar-refractivity contribution in [1.29, 1.82) is 0 Å². The van der Waals surface area contributed by atoms with Crippen LogP contribution in [0.2, 0.25) is 0 Å². The number of methoxy groups -OCH3 is 2. The van der Waals surface area contributed by atoms with Crippen LogP contribution in [0.5, 0.6) is 11.5 Å². The van der Waals surface area contributed by atoms with Crippen LogP contribution in [0.1, 0.15) is 18.1 Å². The van der Waals surface area contributed by atoms with E-state index in [4.69, 9.17) is 13.9 Å². The number of rotatable bonds is 6. The van der Waals surface area contributed by atoms with E-state index in [1.165, 1.54) is 6.26 Å². The van der Waals surface area contributed by atoms with Crippen molar-refractivity contribution in [3.05, 3.63) is 57.9 Å². The summed E-state index contributed by atoms with van der Waals surface area (Å²) in [6, 6.07) is 9.41. The molecule has 0 aliphatic carbocycles. The molecule has 136 valence electrons. The molecule has 0 fully saturated rings. The summed E-state index contributed by atoms with van der Waals surface area (Å²) in [4.78, 5) is 13.1. The maximum Gasteiger partial charge on any atom is 0.200 e. The van der Waals surface area contributed by atoms with Crippen LogP contribution in [0.4, 0.5) is 0 Å². The van der Waals surface area contributed by atoms with Crippen molar-refractivity contribution in [2.75, 3.05) is 20.8 Å². The number of ether oxygens (including phenoxy) is 2. The van der Waals surface area contributed by atoms with Crippen molar-refractivity contribution in [2.24, 2.45) is 0 Å². The molecule has 0 amide bonds. The molecule has 0 aliphatic rings. The Kier molecular flexibility index (Phi) is 5.28. The summed E-state index contributed by atoms with van der Waals surface area (Å²) < 4.78 is 16.4. The van der Waals surface area contributed by atoms with E-state index >= 15 is 0 Å². The highest BCUT2D eigenvalue weighted by Gasteiger charge is 2.15. The quantitative estimate of drug-likeness (QED) is 0.728. The van der Waals surface area contributed by atoms with Crippen molar-refractivity contribution in [1.82, 2.24) is 5.32 Å². The van der Waals surface area contributed by atoms with E-state index in [0.29, 0.717) is 34.6 Å². The molecule has 1 N–H and O–H groups in total. The van der Waals surface area contributed by atoms with Crippen LogP contribution in [-0.2, 0) is 6.54 Å². The number of benzene rings is 2. The average molecular weight is 353 g/mol. The first-order chi connectivity index (χ1) is 12.6. The summed E-state index contributed by atoms with van der Waals surface area (Å²) in [5.74, 6) is 1.03. The third-order valence-electron chi connectivity index (χ3n) is 4.40. The van der Waals surface area contributed by atoms with Gasteiger partial charge in [-0.15, -0.1) is 0 Å². The van der Waals surface area contributed by atoms with Crippen molar-refractivity contribution in [2.45, 2.75) is 20.4 Å². The van der Waals surface area contributed by atoms with Gasteiger partial charge in [-0.25, -0.2) is 0 Å². The smallest absolute Gasteiger partial charge is 0.200 e. The summed E-state index contributed by atoms with van der Waals surface area (Å²) in [7, 11) is 3.10. The third kappa shape index (κ3) is 3.30. The van der Waals surface area contributed by atoms with Gasteiger partial charge < -0.3 is 19.2 Å². The van der Waals surface area contributed by atoms with Gasteiger partial charge in [0, 0.05) is 12.6 Å². The summed E-state index contributed by atoms with van der Waals surface area (Å²) in [6.07, 6.45) is 1.52. The lowest BCUT2D eigenvalue weighted by molar-refractivity contribution is 0.355. The summed E-state index contributed by atoms with van der Waals surface area (Å²) in [5.41, 5.74) is 4.02. The van der Waals surface area contributed by atoms with Crippen LogP contribution in [0.15, 0.2) is 45.8 Å². The number of fused-ring (bicyclic) bond motifs is 1. The molecule has 1 aromatic heterocycles. The van der Waals surface area contributed by atoms with Crippen molar-refractivity contribution >= 4 is 11.0 Å². The molecule has 1 heterocycles. The SMILES string of the molecule is CCNCc1cc(C)ccc1-c1coc2cc(OC)c(OC)cc2c1=O. The number of aryl methyl sites for hydroxylation is 1. The van der Waals surface area contributed by atoms with Crippen molar-refractivity contribution in [3.8, 4) is 22.6 Å². The molecule has 0 aliphatic heterocycles. The molecule has 0 spiro atoms. The van der Waals surface area contributed by atoms with Crippen LogP contribution >= 0.6 is 0 Å². The first kappa shape index (κ1) is 18.0. The normalized spacial score (nSPS) is 10.9. The standard InChI is InChI=1S/C21H23NO4/c1-5-22-11-14-8-13(2)6-7-15(14)17-12-26-18-10-20(25-4)19(24-3)9-16(18)21(17)23/h6-10,12,22H,5,11H2,1-4H3. The van der Waals surface area contributed by atoms with E-state index in [2.05, 4.69) is 18.3 Å². The fraction of sp³-hybridized carbons (Fsp3) is 0.286. The van der Waals surface area contributed by atoms with Crippen LogP contribution in [-0.4, -0.2) is 20.8 Å². The van der Waals surface area contributed by atoms with Gasteiger partial charge in [0.1, 0.15) is 11.8 Å². The molecule has 3 aromatic rings. The molecule has 0 atom stereocenters. The second kappa shape index (κ2) is 7.62. The molecule has 0 bridgehead atoms. The predicted molar refractivity (Wildman–Crippen MR) is 103 cm³/mol. The van der Waals surface area contributed by atoms with Gasteiger partial charge in [-0.05, 0) is 30.7 Å². The van der Waals surface area contributed by atoms with Crippen LogP contribution in [0, 0.1) is 6.92 Å². The van der Waals surface area contributed by atoms with E-state index in [-0.39, 0.29) is 5.43 Å². The minimum absolute atomic E-state index is 0.0891. The fourth-order valence-corrected chi connectivity index (χ4v) is 3.03. The maximum absolute atomic E-state index is 13.1. The van der Waals surface area contributed by atoms with Crippen molar-refractivity contribution in [3.63, 3.8) is 0 Å². The van der Waals surface area contributed by atoms with Gasteiger partial charge in [0.15, 0.2) is 11.5 Å². The van der Waals surface area contributed by atoms with Gasteiger partial charge in [-0.3, -0.25) is 4.79 Å². The molecular weight excluding hydrogens is 330 g/mol. The van der Waals surface area contributed by atoms with Crippen LogP contribution in [0.25, 0.3) is 22.1 Å². The van der Waals surface area contributed by atoms with Gasteiger partial charge in [0.05, 0.1) is 25.2 Å². The highest BCUT2D eigenvalue weighted by molar-refractivity contribution is 5.85. The number of hydrogen-bond acceptors (Lipinski definition) is 5. The van der Waals surface area contributed by atoms with E-state index < -0.39 is 0 Å². The van der Waals surface area contributed by atoms with Gasteiger partial charge in [0.2, 0.25) is 5.43 Å². The molecule has 0 radical (unpaired) electrons. The number of nitrogens with one attached hydrogen (secondary N) is 1. The van der Waals surface area contributed by atoms with E-state index in [0.717, 1.165) is 23.2 Å². The Bertz CT molecular complexity index is 991. The lowest BCUT2D eigenvalue weighted by Crippen LogP contribution is -2.14. The Hall–Kier alpha value is -2.79. The third-order valence-corrected chi connectivity index (χ3v) is 4.40. The summed E-state index contributed by atoms with van der Waals surface area (Å²) >= 11 is 0. The second-order valence-electron chi connectivity index (χ2n) is 6.12. The largest absolute Gasteiger partial charge is 0.493 e. The summed E-state index contributed by atoms with van der Waals surface area (Å²) in [5, 5.41) is 3.79. The lowest BCUT2D eigenvalue weighted by atomic mass is 9.97. The van der Waals surface area contributed by atoms with Gasteiger partial charge in [-0.1, -0.05) is 30.7 Å². The summed E-state index contributed by atoms with van der Waals surface area (Å²) in [6.45, 7) is 5.65. The van der Waals surface area contributed by atoms with Crippen LogP contribution in [0.3, 0.4) is 0 Å². The van der Waals surface area contributed by atoms with Gasteiger partial charge >= 0.3 is 0 Å². The Morgan fingerprint density at radius 3 is 2.46 bits per heavy atom. The van der Waals surface area contributed by atoms with Crippen LogP contribution < -0.4 is 20.2 Å². The fourth-order valence-electron chi connectivity index (χ4n) is 3.03. The minimum atomic E-state index is -0.0891. The number of hydrogen-bond donors (Lipinski definition) is 1. The molecule has 0 saturated carbocycles. The molecule has 5 nitrogen and oxygen atoms in total. The zero-order valence-corrected chi connectivity index (χ0v) is 15.5. The molecule has 2 aromatic carbocycles.